The third-order valence-electron chi connectivity index (χ3n) is 3.05. The maximum atomic E-state index is 11.8. The molecule has 0 heterocycles. The smallest absolute Gasteiger partial charge is 0.336 e. The molecule has 0 aliphatic rings. The summed E-state index contributed by atoms with van der Waals surface area (Å²) in [6.45, 7) is -0.709. The molecule has 0 saturated carbocycles. The van der Waals surface area contributed by atoms with Crippen LogP contribution in [-0.2, 0) is 30.9 Å². The second-order valence-corrected chi connectivity index (χ2v) is 6.75. The van der Waals surface area contributed by atoms with Crippen molar-refractivity contribution in [1.82, 2.24) is 4.72 Å². The normalized spacial score (nSPS) is 10.9. The number of sulfonamides is 1. The van der Waals surface area contributed by atoms with Gasteiger partial charge in [0, 0.05) is 0 Å². The lowest BCUT2D eigenvalue weighted by Gasteiger charge is -2.08. The van der Waals surface area contributed by atoms with Crippen molar-refractivity contribution in [3.63, 3.8) is 0 Å². The van der Waals surface area contributed by atoms with Gasteiger partial charge in [-0.1, -0.05) is 30.3 Å². The lowest BCUT2D eigenvalue weighted by atomic mass is 10.2. The highest BCUT2D eigenvalue weighted by atomic mass is 32.2. The van der Waals surface area contributed by atoms with E-state index in [0.717, 1.165) is 5.56 Å². The number of carboxylic acids is 1. The maximum absolute atomic E-state index is 11.8. The van der Waals surface area contributed by atoms with E-state index < -0.39 is 28.5 Å². The zero-order valence-corrected chi connectivity index (χ0v) is 13.8. The standard InChI is InChI=1S/C16H16N2O6S/c19-15(20)11-17-25(22,23)14-8-6-13(7-9-14)18-24-16(21)10-12-4-2-1-3-5-12/h1-9,17-18H,10-11H2,(H,19,20). The Bertz CT molecular complexity index is 835. The molecule has 0 atom stereocenters. The Morgan fingerprint density at radius 3 is 2.24 bits per heavy atom. The molecule has 132 valence electrons. The van der Waals surface area contributed by atoms with Gasteiger partial charge in [0.05, 0.1) is 17.0 Å². The predicted octanol–water partition coefficient (Wildman–Crippen LogP) is 1.16. The third-order valence-corrected chi connectivity index (χ3v) is 4.47. The first-order chi connectivity index (χ1) is 11.9. The summed E-state index contributed by atoms with van der Waals surface area (Å²) >= 11 is 0. The molecule has 0 fully saturated rings. The Morgan fingerprint density at radius 2 is 1.64 bits per heavy atom. The summed E-state index contributed by atoms with van der Waals surface area (Å²) in [5.74, 6) is -1.78. The zero-order valence-electron chi connectivity index (χ0n) is 13.0. The van der Waals surface area contributed by atoms with E-state index in [0.29, 0.717) is 5.69 Å². The van der Waals surface area contributed by atoms with Crippen molar-refractivity contribution in [1.29, 1.82) is 0 Å². The quantitative estimate of drug-likeness (QED) is 0.601. The van der Waals surface area contributed by atoms with Gasteiger partial charge in [-0.3, -0.25) is 4.79 Å². The van der Waals surface area contributed by atoms with Gasteiger partial charge in [-0.25, -0.2) is 18.7 Å². The molecule has 0 amide bonds. The fourth-order valence-corrected chi connectivity index (χ4v) is 2.83. The minimum atomic E-state index is -3.91. The number of carboxylic acid groups (broad SMARTS) is 1. The Balaban J connectivity index is 1.90. The van der Waals surface area contributed by atoms with Crippen molar-refractivity contribution < 1.29 is 28.0 Å². The zero-order chi connectivity index (χ0) is 18.3. The van der Waals surface area contributed by atoms with Gasteiger partial charge in [0.15, 0.2) is 0 Å². The van der Waals surface area contributed by atoms with Crippen LogP contribution >= 0.6 is 0 Å². The van der Waals surface area contributed by atoms with Crippen molar-refractivity contribution in [3.8, 4) is 0 Å². The Hall–Kier alpha value is -2.91. The number of benzene rings is 2. The summed E-state index contributed by atoms with van der Waals surface area (Å²) in [7, 11) is -3.91. The second-order valence-electron chi connectivity index (χ2n) is 4.98. The monoisotopic (exact) mass is 364 g/mol. The van der Waals surface area contributed by atoms with Gasteiger partial charge in [-0.05, 0) is 29.8 Å². The van der Waals surface area contributed by atoms with Crippen LogP contribution < -0.4 is 10.2 Å². The number of aliphatic carboxylic acids is 1. The van der Waals surface area contributed by atoms with Crippen LogP contribution in [0.15, 0.2) is 59.5 Å². The largest absolute Gasteiger partial charge is 0.480 e. The van der Waals surface area contributed by atoms with Crippen LogP contribution in [0.25, 0.3) is 0 Å². The predicted molar refractivity (Wildman–Crippen MR) is 89.1 cm³/mol. The fraction of sp³-hybridized carbons (Fsp3) is 0.125. The molecular weight excluding hydrogens is 348 g/mol. The van der Waals surface area contributed by atoms with E-state index in [9.17, 15) is 18.0 Å². The number of rotatable bonds is 8. The summed E-state index contributed by atoms with van der Waals surface area (Å²) in [6, 6.07) is 14.4. The number of hydrogen-bond donors (Lipinski definition) is 3. The molecule has 0 bridgehead atoms. The molecule has 2 rings (SSSR count). The highest BCUT2D eigenvalue weighted by Crippen LogP contribution is 2.14. The number of carbonyl (C=O) groups excluding carboxylic acids is 1. The second kappa shape index (κ2) is 8.27. The summed E-state index contributed by atoms with van der Waals surface area (Å²) in [5.41, 5.74) is 3.61. The number of anilines is 1. The van der Waals surface area contributed by atoms with Gasteiger partial charge in [0.1, 0.15) is 6.54 Å². The summed E-state index contributed by atoms with van der Waals surface area (Å²) < 4.78 is 25.6. The molecule has 2 aromatic rings. The van der Waals surface area contributed by atoms with Crippen molar-refractivity contribution >= 4 is 27.6 Å². The van der Waals surface area contributed by atoms with Crippen LogP contribution in [0.3, 0.4) is 0 Å². The van der Waals surface area contributed by atoms with E-state index in [-0.39, 0.29) is 11.3 Å². The Kier molecular flexibility index (Phi) is 6.09. The van der Waals surface area contributed by atoms with Crippen molar-refractivity contribution in [2.24, 2.45) is 0 Å². The molecule has 8 nitrogen and oxygen atoms in total. The molecule has 0 radical (unpaired) electrons. The average Bonchev–Trinajstić information content (AvgIpc) is 2.59. The topological polar surface area (TPSA) is 122 Å². The molecule has 0 saturated heterocycles. The van der Waals surface area contributed by atoms with E-state index in [1.807, 2.05) is 22.9 Å². The lowest BCUT2D eigenvalue weighted by Crippen LogP contribution is -2.29. The van der Waals surface area contributed by atoms with Crippen LogP contribution in [0, 0.1) is 0 Å². The van der Waals surface area contributed by atoms with E-state index in [2.05, 4.69) is 5.48 Å². The van der Waals surface area contributed by atoms with Crippen LogP contribution in [0.1, 0.15) is 5.56 Å². The van der Waals surface area contributed by atoms with E-state index in [1.54, 1.807) is 12.1 Å². The van der Waals surface area contributed by atoms with Gasteiger partial charge >= 0.3 is 11.9 Å². The average molecular weight is 364 g/mol. The van der Waals surface area contributed by atoms with E-state index in [4.69, 9.17) is 9.94 Å². The van der Waals surface area contributed by atoms with Crippen molar-refractivity contribution in [2.45, 2.75) is 11.3 Å². The molecule has 0 aliphatic heterocycles. The third kappa shape index (κ3) is 5.90. The molecule has 0 aliphatic carbocycles. The number of nitrogens with one attached hydrogen (secondary N) is 2. The molecule has 2 aromatic carbocycles. The SMILES string of the molecule is O=C(O)CNS(=O)(=O)c1ccc(NOC(=O)Cc2ccccc2)cc1. The Labute approximate surface area is 144 Å². The van der Waals surface area contributed by atoms with Gasteiger partial charge in [-0.15, -0.1) is 0 Å². The highest BCUT2D eigenvalue weighted by molar-refractivity contribution is 7.89. The van der Waals surface area contributed by atoms with Crippen molar-refractivity contribution in [2.75, 3.05) is 12.0 Å². The molecule has 0 unspecified atom stereocenters. The minimum Gasteiger partial charge on any atom is -0.480 e. The minimum absolute atomic E-state index is 0.0966. The first-order valence-corrected chi connectivity index (χ1v) is 8.66. The van der Waals surface area contributed by atoms with Gasteiger partial charge < -0.3 is 9.94 Å². The lowest BCUT2D eigenvalue weighted by molar-refractivity contribution is -0.140. The highest BCUT2D eigenvalue weighted by Gasteiger charge is 2.15. The van der Waals surface area contributed by atoms with Crippen LogP contribution in [0.4, 0.5) is 5.69 Å². The molecule has 9 heteroatoms. The van der Waals surface area contributed by atoms with E-state index >= 15 is 0 Å². The van der Waals surface area contributed by atoms with Crippen LogP contribution in [0.2, 0.25) is 0 Å². The molecular formula is C16H16N2O6S. The molecule has 25 heavy (non-hydrogen) atoms. The van der Waals surface area contributed by atoms with Crippen LogP contribution in [-0.4, -0.2) is 32.0 Å². The maximum Gasteiger partial charge on any atom is 0.336 e. The summed E-state index contributed by atoms with van der Waals surface area (Å²) in [4.78, 5) is 26.9. The van der Waals surface area contributed by atoms with Crippen LogP contribution in [0.5, 0.6) is 0 Å². The first kappa shape index (κ1) is 18.4. The summed E-state index contributed by atoms with van der Waals surface area (Å²) in [6.07, 6.45) is 0.0966. The fourth-order valence-electron chi connectivity index (χ4n) is 1.86. The first-order valence-electron chi connectivity index (χ1n) is 7.18. The Morgan fingerprint density at radius 1 is 1.00 bits per heavy atom. The molecule has 0 aromatic heterocycles. The van der Waals surface area contributed by atoms with Gasteiger partial charge in [0.2, 0.25) is 10.0 Å². The van der Waals surface area contributed by atoms with E-state index in [1.165, 1.54) is 24.3 Å². The summed E-state index contributed by atoms with van der Waals surface area (Å²) in [5, 5.41) is 8.51. The molecule has 3 N–H and O–H groups in total. The number of carbonyl (C=O) groups is 2. The number of hydrogen-bond acceptors (Lipinski definition) is 6. The van der Waals surface area contributed by atoms with Gasteiger partial charge in [0.25, 0.3) is 0 Å². The molecule has 0 spiro atoms. The van der Waals surface area contributed by atoms with Gasteiger partial charge in [-0.2, -0.15) is 4.72 Å². The van der Waals surface area contributed by atoms with Crippen molar-refractivity contribution in [3.05, 3.63) is 60.2 Å².